The highest BCUT2D eigenvalue weighted by Gasteiger charge is 2.22. The van der Waals surface area contributed by atoms with Crippen molar-refractivity contribution >= 4 is 11.6 Å². The van der Waals surface area contributed by atoms with Gasteiger partial charge >= 0.3 is 0 Å². The largest absolute Gasteiger partial charge is 0.489 e. The Morgan fingerprint density at radius 2 is 1.94 bits per heavy atom. The number of nitrogens with zero attached hydrogens (tertiary/aromatic N) is 3. The topological polar surface area (TPSA) is 70.8 Å². The molecule has 0 aliphatic carbocycles. The highest BCUT2D eigenvalue weighted by atomic mass is 19.1. The van der Waals surface area contributed by atoms with Crippen molar-refractivity contribution in [1.82, 2.24) is 15.4 Å². The van der Waals surface area contributed by atoms with Gasteiger partial charge in [-0.2, -0.15) is 0 Å². The Morgan fingerprint density at radius 1 is 1.17 bits per heavy atom. The van der Waals surface area contributed by atoms with E-state index in [1.54, 1.807) is 24.3 Å². The molecule has 8 heteroatoms. The molecule has 2 aromatic carbocycles. The molecule has 4 rings (SSSR count). The Balaban J connectivity index is 1.45. The minimum absolute atomic E-state index is 0.244. The molecular weight excluding hydrogens is 447 g/mol. The van der Waals surface area contributed by atoms with Crippen LogP contribution in [0.3, 0.4) is 0 Å². The second-order valence-corrected chi connectivity index (χ2v) is 8.94. The average Bonchev–Trinajstić information content (AvgIpc) is 3.19. The number of aryl methyl sites for hydroxylation is 2. The molecule has 7 nitrogen and oxygen atoms in total. The minimum atomic E-state index is -0.371. The molecule has 1 aliphatic rings. The van der Waals surface area contributed by atoms with Crippen LogP contribution < -0.4 is 15.0 Å². The second kappa shape index (κ2) is 10.9. The van der Waals surface area contributed by atoms with E-state index in [0.29, 0.717) is 23.7 Å². The van der Waals surface area contributed by atoms with Crippen molar-refractivity contribution in [3.63, 3.8) is 0 Å². The Hall–Kier alpha value is -3.39. The Bertz CT molecular complexity index is 1150. The monoisotopic (exact) mass is 480 g/mol. The molecule has 2 heterocycles. The van der Waals surface area contributed by atoms with Crippen molar-refractivity contribution < 1.29 is 18.4 Å². The lowest BCUT2D eigenvalue weighted by molar-refractivity contribution is 0.0939. The van der Waals surface area contributed by atoms with Gasteiger partial charge in [0, 0.05) is 43.0 Å². The van der Waals surface area contributed by atoms with Crippen molar-refractivity contribution in [1.29, 1.82) is 0 Å². The first-order valence-corrected chi connectivity index (χ1v) is 12.1. The zero-order valence-electron chi connectivity index (χ0n) is 20.8. The standard InChI is InChI=1S/C27H33FN4O3/c1-5-31-11-13-32(14-12-31)26-10-9-22(28)16-24(26)18(2)29-27(33)21-7-6-8-23(15-21)34-17-25-19(3)30-35-20(25)4/h6-10,15-16,18H,5,11-14,17H2,1-4H3,(H,29,33). The molecule has 0 spiro atoms. The van der Waals surface area contributed by atoms with Crippen molar-refractivity contribution in [2.24, 2.45) is 0 Å². The van der Waals surface area contributed by atoms with E-state index in [9.17, 15) is 9.18 Å². The number of halogens is 1. The fourth-order valence-electron chi connectivity index (χ4n) is 4.41. The van der Waals surface area contributed by atoms with Gasteiger partial charge in [-0.05, 0) is 63.7 Å². The lowest BCUT2D eigenvalue weighted by atomic mass is 10.0. The third kappa shape index (κ3) is 5.82. The van der Waals surface area contributed by atoms with Crippen LogP contribution in [0.25, 0.3) is 0 Å². The molecule has 1 atom stereocenters. The maximum absolute atomic E-state index is 14.2. The van der Waals surface area contributed by atoms with E-state index in [1.165, 1.54) is 12.1 Å². The number of piperazine rings is 1. The van der Waals surface area contributed by atoms with Gasteiger partial charge in [-0.1, -0.05) is 18.1 Å². The summed E-state index contributed by atoms with van der Waals surface area (Å²) in [6.45, 7) is 12.8. The molecule has 1 saturated heterocycles. The SMILES string of the molecule is CCN1CCN(c2ccc(F)cc2C(C)NC(=O)c2cccc(OCc3c(C)noc3C)c2)CC1. The molecule has 1 aliphatic heterocycles. The third-order valence-electron chi connectivity index (χ3n) is 6.62. The fourth-order valence-corrected chi connectivity index (χ4v) is 4.41. The minimum Gasteiger partial charge on any atom is -0.489 e. The van der Waals surface area contributed by atoms with Crippen LogP contribution in [0.4, 0.5) is 10.1 Å². The average molecular weight is 481 g/mol. The number of rotatable bonds is 8. The van der Waals surface area contributed by atoms with E-state index in [-0.39, 0.29) is 17.8 Å². The second-order valence-electron chi connectivity index (χ2n) is 8.94. The van der Waals surface area contributed by atoms with Gasteiger partial charge in [0.1, 0.15) is 23.9 Å². The van der Waals surface area contributed by atoms with Crippen LogP contribution in [0.2, 0.25) is 0 Å². The Kier molecular flexibility index (Phi) is 7.70. The fraction of sp³-hybridized carbons (Fsp3) is 0.407. The van der Waals surface area contributed by atoms with Gasteiger partial charge in [-0.25, -0.2) is 4.39 Å². The van der Waals surface area contributed by atoms with Crippen LogP contribution in [0, 0.1) is 19.7 Å². The van der Waals surface area contributed by atoms with Crippen LogP contribution in [0.1, 0.15) is 52.8 Å². The van der Waals surface area contributed by atoms with E-state index in [1.807, 2.05) is 26.8 Å². The molecule has 186 valence electrons. The van der Waals surface area contributed by atoms with Crippen LogP contribution in [0.15, 0.2) is 47.0 Å². The summed E-state index contributed by atoms with van der Waals surface area (Å²) >= 11 is 0. The van der Waals surface area contributed by atoms with Crippen LogP contribution in [-0.2, 0) is 6.61 Å². The molecular formula is C27H33FN4O3. The summed E-state index contributed by atoms with van der Waals surface area (Å²) in [5, 5.41) is 6.97. The number of carbonyl (C=O) groups is 1. The molecule has 1 unspecified atom stereocenters. The summed E-state index contributed by atoms with van der Waals surface area (Å²) in [5.41, 5.74) is 3.89. The first-order chi connectivity index (χ1) is 16.9. The summed E-state index contributed by atoms with van der Waals surface area (Å²) < 4.78 is 25.3. The quantitative estimate of drug-likeness (QED) is 0.506. The van der Waals surface area contributed by atoms with Crippen molar-refractivity contribution in [3.05, 3.63) is 76.4 Å². The predicted molar refractivity (Wildman–Crippen MR) is 133 cm³/mol. The summed E-state index contributed by atoms with van der Waals surface area (Å²) in [7, 11) is 0. The summed E-state index contributed by atoms with van der Waals surface area (Å²) in [6.07, 6.45) is 0. The lowest BCUT2D eigenvalue weighted by Crippen LogP contribution is -2.46. The number of nitrogens with one attached hydrogen (secondary N) is 1. The summed E-state index contributed by atoms with van der Waals surface area (Å²) in [6, 6.07) is 11.5. The molecule has 1 aromatic heterocycles. The molecule has 0 bridgehead atoms. The van der Waals surface area contributed by atoms with Gasteiger partial charge in [0.15, 0.2) is 0 Å². The molecule has 0 radical (unpaired) electrons. The number of anilines is 1. The van der Waals surface area contributed by atoms with Gasteiger partial charge in [0.2, 0.25) is 0 Å². The highest BCUT2D eigenvalue weighted by Crippen LogP contribution is 2.29. The van der Waals surface area contributed by atoms with Gasteiger partial charge in [-0.3, -0.25) is 4.79 Å². The zero-order chi connectivity index (χ0) is 24.9. The number of hydrogen-bond acceptors (Lipinski definition) is 6. The van der Waals surface area contributed by atoms with E-state index in [4.69, 9.17) is 9.26 Å². The van der Waals surface area contributed by atoms with E-state index >= 15 is 0 Å². The number of aromatic nitrogens is 1. The number of likely N-dealkylation sites (N-methyl/N-ethyl adjacent to an activating group) is 1. The van der Waals surface area contributed by atoms with Crippen molar-refractivity contribution in [2.45, 2.75) is 40.3 Å². The van der Waals surface area contributed by atoms with Crippen molar-refractivity contribution in [2.75, 3.05) is 37.6 Å². The Labute approximate surface area is 205 Å². The highest BCUT2D eigenvalue weighted by molar-refractivity contribution is 5.95. The van der Waals surface area contributed by atoms with Crippen molar-refractivity contribution in [3.8, 4) is 5.75 Å². The number of carbonyl (C=O) groups excluding carboxylic acids is 1. The zero-order valence-corrected chi connectivity index (χ0v) is 20.8. The number of ether oxygens (including phenoxy) is 1. The number of benzene rings is 2. The van der Waals surface area contributed by atoms with E-state index in [2.05, 4.69) is 27.2 Å². The van der Waals surface area contributed by atoms with Crippen LogP contribution in [-0.4, -0.2) is 48.7 Å². The van der Waals surface area contributed by atoms with Gasteiger partial charge in [0.25, 0.3) is 5.91 Å². The maximum atomic E-state index is 14.2. The van der Waals surface area contributed by atoms with Gasteiger partial charge in [0.05, 0.1) is 17.3 Å². The smallest absolute Gasteiger partial charge is 0.251 e. The number of hydrogen-bond donors (Lipinski definition) is 1. The molecule has 0 saturated carbocycles. The van der Waals surface area contributed by atoms with E-state index < -0.39 is 0 Å². The number of amides is 1. The molecule has 35 heavy (non-hydrogen) atoms. The van der Waals surface area contributed by atoms with E-state index in [0.717, 1.165) is 55.2 Å². The predicted octanol–water partition coefficient (Wildman–Crippen LogP) is 4.64. The lowest BCUT2D eigenvalue weighted by Gasteiger charge is -2.37. The first-order valence-electron chi connectivity index (χ1n) is 12.1. The first kappa shape index (κ1) is 24.7. The molecule has 1 amide bonds. The maximum Gasteiger partial charge on any atom is 0.251 e. The molecule has 1 N–H and O–H groups in total. The van der Waals surface area contributed by atoms with Gasteiger partial charge in [-0.15, -0.1) is 0 Å². The normalized spacial score (nSPS) is 15.2. The van der Waals surface area contributed by atoms with Gasteiger partial charge < -0.3 is 24.4 Å². The molecule has 3 aromatic rings. The van der Waals surface area contributed by atoms with Crippen LogP contribution >= 0.6 is 0 Å². The summed E-state index contributed by atoms with van der Waals surface area (Å²) in [5.74, 6) is 0.732. The third-order valence-corrected chi connectivity index (χ3v) is 6.62. The Morgan fingerprint density at radius 3 is 2.63 bits per heavy atom. The summed E-state index contributed by atoms with van der Waals surface area (Å²) in [4.78, 5) is 17.7. The molecule has 1 fully saturated rings. The van der Waals surface area contributed by atoms with Crippen LogP contribution in [0.5, 0.6) is 5.75 Å².